The largest absolute Gasteiger partial charge is 0.477 e. The van der Waals surface area contributed by atoms with Crippen LogP contribution in [0.15, 0.2) is 30.3 Å². The average Bonchev–Trinajstić information content (AvgIpc) is 2.92. The molecule has 2 aromatic carbocycles. The number of rotatable bonds is 2. The highest BCUT2D eigenvalue weighted by Crippen LogP contribution is 2.33. The SMILES string of the molecule is CN(C(=O)C1Cc2cc(F)cc(F)c2O1)c1cc(F)ccc1F. The Morgan fingerprint density at radius 3 is 2.57 bits per heavy atom. The summed E-state index contributed by atoms with van der Waals surface area (Å²) in [5, 5.41) is 0. The number of ether oxygens (including phenoxy) is 1. The third-order valence-electron chi connectivity index (χ3n) is 3.63. The van der Waals surface area contributed by atoms with Crippen LogP contribution >= 0.6 is 0 Å². The van der Waals surface area contributed by atoms with E-state index in [0.717, 1.165) is 29.2 Å². The van der Waals surface area contributed by atoms with Gasteiger partial charge < -0.3 is 9.64 Å². The number of fused-ring (bicyclic) bond motifs is 1. The van der Waals surface area contributed by atoms with Crippen molar-refractivity contribution < 1.29 is 27.1 Å². The van der Waals surface area contributed by atoms with Crippen LogP contribution in [0.3, 0.4) is 0 Å². The predicted octanol–water partition coefficient (Wildman–Crippen LogP) is 3.21. The fraction of sp³-hybridized carbons (Fsp3) is 0.188. The van der Waals surface area contributed by atoms with Gasteiger partial charge in [0.05, 0.1) is 5.69 Å². The van der Waals surface area contributed by atoms with Crippen molar-refractivity contribution in [2.24, 2.45) is 0 Å². The summed E-state index contributed by atoms with van der Waals surface area (Å²) >= 11 is 0. The highest BCUT2D eigenvalue weighted by molar-refractivity contribution is 5.97. The van der Waals surface area contributed by atoms with E-state index in [4.69, 9.17) is 4.74 Å². The summed E-state index contributed by atoms with van der Waals surface area (Å²) in [4.78, 5) is 13.3. The fourth-order valence-electron chi connectivity index (χ4n) is 2.50. The first kappa shape index (κ1) is 15.3. The first-order valence-electron chi connectivity index (χ1n) is 6.74. The third-order valence-corrected chi connectivity index (χ3v) is 3.63. The van der Waals surface area contributed by atoms with Crippen molar-refractivity contribution in [2.45, 2.75) is 12.5 Å². The minimum Gasteiger partial charge on any atom is -0.477 e. The van der Waals surface area contributed by atoms with Gasteiger partial charge in [-0.25, -0.2) is 17.6 Å². The highest BCUT2D eigenvalue weighted by Gasteiger charge is 2.34. The van der Waals surface area contributed by atoms with Gasteiger partial charge in [0.1, 0.15) is 17.5 Å². The lowest BCUT2D eigenvalue weighted by Gasteiger charge is -2.21. The van der Waals surface area contributed by atoms with Gasteiger partial charge in [-0.05, 0) is 18.2 Å². The van der Waals surface area contributed by atoms with Crippen LogP contribution in [0, 0.1) is 23.3 Å². The predicted molar refractivity (Wildman–Crippen MR) is 74.2 cm³/mol. The molecule has 1 aliphatic heterocycles. The molecule has 23 heavy (non-hydrogen) atoms. The van der Waals surface area contributed by atoms with Crippen LogP contribution in [0.2, 0.25) is 0 Å². The Balaban J connectivity index is 1.85. The first-order valence-corrected chi connectivity index (χ1v) is 6.74. The fourth-order valence-corrected chi connectivity index (χ4v) is 2.50. The molecule has 0 saturated carbocycles. The van der Waals surface area contributed by atoms with Gasteiger partial charge in [-0.1, -0.05) is 0 Å². The Labute approximate surface area is 129 Å². The van der Waals surface area contributed by atoms with Gasteiger partial charge >= 0.3 is 0 Å². The number of carbonyl (C=O) groups is 1. The van der Waals surface area contributed by atoms with E-state index in [0.29, 0.717) is 6.07 Å². The van der Waals surface area contributed by atoms with Crippen molar-refractivity contribution in [1.82, 2.24) is 0 Å². The molecule has 120 valence electrons. The number of benzene rings is 2. The third kappa shape index (κ3) is 2.74. The maximum Gasteiger partial charge on any atom is 0.268 e. The van der Waals surface area contributed by atoms with Crippen molar-refractivity contribution in [1.29, 1.82) is 0 Å². The van der Waals surface area contributed by atoms with Crippen molar-refractivity contribution in [3.8, 4) is 5.75 Å². The topological polar surface area (TPSA) is 29.5 Å². The van der Waals surface area contributed by atoms with E-state index < -0.39 is 35.3 Å². The Bertz CT molecular complexity index is 794. The van der Waals surface area contributed by atoms with Gasteiger partial charge in [0.15, 0.2) is 17.7 Å². The minimum atomic E-state index is -1.13. The summed E-state index contributed by atoms with van der Waals surface area (Å²) in [5.41, 5.74) is -0.0461. The molecule has 1 amide bonds. The molecule has 1 atom stereocenters. The van der Waals surface area contributed by atoms with Crippen LogP contribution in [0.1, 0.15) is 5.56 Å². The molecule has 1 unspecified atom stereocenters. The van der Waals surface area contributed by atoms with Crippen molar-refractivity contribution >= 4 is 11.6 Å². The van der Waals surface area contributed by atoms with Crippen LogP contribution in [-0.4, -0.2) is 19.1 Å². The number of likely N-dealkylation sites (N-methyl/N-ethyl adjacent to an activating group) is 1. The molecule has 0 bridgehead atoms. The van der Waals surface area contributed by atoms with E-state index in [-0.39, 0.29) is 23.4 Å². The molecule has 0 spiro atoms. The Morgan fingerprint density at radius 2 is 1.83 bits per heavy atom. The van der Waals surface area contributed by atoms with E-state index in [1.54, 1.807) is 0 Å². The molecule has 0 N–H and O–H groups in total. The van der Waals surface area contributed by atoms with E-state index in [2.05, 4.69) is 0 Å². The summed E-state index contributed by atoms with van der Waals surface area (Å²) in [5.74, 6) is -4.06. The normalized spacial score (nSPS) is 16.0. The molecule has 2 aromatic rings. The highest BCUT2D eigenvalue weighted by atomic mass is 19.1. The molecule has 3 rings (SSSR count). The Kier molecular flexibility index (Phi) is 3.71. The second-order valence-corrected chi connectivity index (χ2v) is 5.18. The number of nitrogens with zero attached hydrogens (tertiary/aromatic N) is 1. The van der Waals surface area contributed by atoms with Crippen LogP contribution in [-0.2, 0) is 11.2 Å². The number of halogens is 4. The van der Waals surface area contributed by atoms with Crippen LogP contribution in [0.4, 0.5) is 23.2 Å². The lowest BCUT2D eigenvalue weighted by atomic mass is 10.1. The summed E-state index contributed by atoms with van der Waals surface area (Å²) in [6.45, 7) is 0. The van der Waals surface area contributed by atoms with Crippen LogP contribution in [0.25, 0.3) is 0 Å². The monoisotopic (exact) mass is 325 g/mol. The Hall–Kier alpha value is -2.57. The Morgan fingerprint density at radius 1 is 1.09 bits per heavy atom. The van der Waals surface area contributed by atoms with E-state index in [1.165, 1.54) is 7.05 Å². The zero-order valence-corrected chi connectivity index (χ0v) is 11.9. The van der Waals surface area contributed by atoms with Gasteiger partial charge in [0, 0.05) is 31.2 Å². The maximum absolute atomic E-state index is 13.7. The van der Waals surface area contributed by atoms with Crippen LogP contribution in [0.5, 0.6) is 5.75 Å². The number of hydrogen-bond donors (Lipinski definition) is 0. The first-order chi connectivity index (χ1) is 10.9. The van der Waals surface area contributed by atoms with E-state index in [9.17, 15) is 22.4 Å². The summed E-state index contributed by atoms with van der Waals surface area (Å²) in [7, 11) is 1.25. The average molecular weight is 325 g/mol. The van der Waals surface area contributed by atoms with Gasteiger partial charge in [-0.2, -0.15) is 0 Å². The van der Waals surface area contributed by atoms with Crippen LogP contribution < -0.4 is 9.64 Å². The lowest BCUT2D eigenvalue weighted by Crippen LogP contribution is -2.39. The molecular formula is C16H11F4NO2. The summed E-state index contributed by atoms with van der Waals surface area (Å²) in [6.07, 6.45) is -1.18. The lowest BCUT2D eigenvalue weighted by molar-refractivity contribution is -0.124. The molecule has 0 fully saturated rings. The quantitative estimate of drug-likeness (QED) is 0.794. The van der Waals surface area contributed by atoms with Gasteiger partial charge in [0.25, 0.3) is 5.91 Å². The maximum atomic E-state index is 13.7. The zero-order chi connectivity index (χ0) is 16.7. The van der Waals surface area contributed by atoms with Gasteiger partial charge in [-0.3, -0.25) is 4.79 Å². The molecular weight excluding hydrogens is 314 g/mol. The number of anilines is 1. The summed E-state index contributed by atoms with van der Waals surface area (Å²) in [6, 6.07) is 4.43. The number of carbonyl (C=O) groups excluding carboxylic acids is 1. The second-order valence-electron chi connectivity index (χ2n) is 5.18. The molecule has 0 radical (unpaired) electrons. The summed E-state index contributed by atoms with van der Waals surface area (Å²) < 4.78 is 59.0. The zero-order valence-electron chi connectivity index (χ0n) is 11.9. The smallest absolute Gasteiger partial charge is 0.268 e. The molecule has 3 nitrogen and oxygen atoms in total. The molecule has 1 aliphatic rings. The minimum absolute atomic E-state index is 0.0515. The van der Waals surface area contributed by atoms with E-state index in [1.807, 2.05) is 0 Å². The molecule has 1 heterocycles. The molecule has 0 saturated heterocycles. The van der Waals surface area contributed by atoms with E-state index >= 15 is 0 Å². The van der Waals surface area contributed by atoms with Crippen molar-refractivity contribution in [3.05, 3.63) is 59.2 Å². The number of hydrogen-bond acceptors (Lipinski definition) is 2. The molecule has 0 aliphatic carbocycles. The molecule has 0 aromatic heterocycles. The number of amides is 1. The van der Waals surface area contributed by atoms with Gasteiger partial charge in [0.2, 0.25) is 0 Å². The van der Waals surface area contributed by atoms with Gasteiger partial charge in [-0.15, -0.1) is 0 Å². The van der Waals surface area contributed by atoms with Crippen molar-refractivity contribution in [3.63, 3.8) is 0 Å². The van der Waals surface area contributed by atoms with Crippen molar-refractivity contribution in [2.75, 3.05) is 11.9 Å². The second kappa shape index (κ2) is 5.57. The molecule has 7 heteroatoms. The standard InChI is InChI=1S/C16H11F4NO2/c1-21(13-7-9(17)2-3-11(13)19)16(22)14-5-8-4-10(18)6-12(20)15(8)23-14/h2-4,6-7,14H,5H2,1H3.